The highest BCUT2D eigenvalue weighted by molar-refractivity contribution is 5.55. The molecule has 16 heavy (non-hydrogen) atoms. The molecule has 0 radical (unpaired) electrons. The van der Waals surface area contributed by atoms with Crippen molar-refractivity contribution in [1.82, 2.24) is 0 Å². The third-order valence-corrected chi connectivity index (χ3v) is 3.10. The van der Waals surface area contributed by atoms with E-state index in [2.05, 4.69) is 12.2 Å². The fourth-order valence-corrected chi connectivity index (χ4v) is 2.01. The van der Waals surface area contributed by atoms with Crippen LogP contribution in [0.1, 0.15) is 32.6 Å². The maximum absolute atomic E-state index is 13.1. The van der Waals surface area contributed by atoms with Crippen LogP contribution in [0, 0.1) is 11.7 Å². The molecular formula is C13H19FN2. The Morgan fingerprint density at radius 2 is 2.19 bits per heavy atom. The zero-order valence-electron chi connectivity index (χ0n) is 9.67. The number of anilines is 2. The van der Waals surface area contributed by atoms with Crippen LogP contribution in [0.25, 0.3) is 0 Å². The summed E-state index contributed by atoms with van der Waals surface area (Å²) in [5, 5.41) is 3.36. The van der Waals surface area contributed by atoms with E-state index in [9.17, 15) is 4.39 Å². The number of nitrogen functional groups attached to an aromatic ring is 1. The molecule has 0 amide bonds. The van der Waals surface area contributed by atoms with Crippen molar-refractivity contribution in [2.45, 2.75) is 38.6 Å². The van der Waals surface area contributed by atoms with Crippen LogP contribution in [0.4, 0.5) is 15.8 Å². The third-order valence-electron chi connectivity index (χ3n) is 3.10. The molecule has 0 heterocycles. The minimum absolute atomic E-state index is 0.274. The first-order valence-corrected chi connectivity index (χ1v) is 6.00. The van der Waals surface area contributed by atoms with Gasteiger partial charge in [-0.05, 0) is 37.0 Å². The molecule has 1 unspecified atom stereocenters. The summed E-state index contributed by atoms with van der Waals surface area (Å²) >= 11 is 0. The van der Waals surface area contributed by atoms with Crippen LogP contribution in [0.15, 0.2) is 18.2 Å². The second-order valence-electron chi connectivity index (χ2n) is 4.70. The molecule has 3 N–H and O–H groups in total. The highest BCUT2D eigenvalue weighted by atomic mass is 19.1. The van der Waals surface area contributed by atoms with Crippen molar-refractivity contribution in [2.75, 3.05) is 11.1 Å². The number of nitrogens with two attached hydrogens (primary N) is 1. The first kappa shape index (κ1) is 11.2. The van der Waals surface area contributed by atoms with Gasteiger partial charge in [0.2, 0.25) is 0 Å². The summed E-state index contributed by atoms with van der Waals surface area (Å²) in [5.41, 5.74) is 6.88. The SMILES string of the molecule is CCC(CC1CC1)Nc1cc(N)cc(F)c1. The second kappa shape index (κ2) is 4.73. The van der Waals surface area contributed by atoms with E-state index in [1.807, 2.05) is 0 Å². The van der Waals surface area contributed by atoms with Gasteiger partial charge in [-0.3, -0.25) is 0 Å². The molecule has 88 valence electrons. The van der Waals surface area contributed by atoms with Gasteiger partial charge in [-0.15, -0.1) is 0 Å². The standard InChI is InChI=1S/C13H19FN2/c1-2-12(5-9-3-4-9)16-13-7-10(14)6-11(15)8-13/h6-9,12,16H,2-5,15H2,1H3. The molecule has 3 heteroatoms. The van der Waals surface area contributed by atoms with Gasteiger partial charge in [-0.1, -0.05) is 19.8 Å². The summed E-state index contributed by atoms with van der Waals surface area (Å²) in [6.07, 6.45) is 4.95. The van der Waals surface area contributed by atoms with Gasteiger partial charge >= 0.3 is 0 Å². The first-order chi connectivity index (χ1) is 7.67. The Morgan fingerprint density at radius 1 is 1.44 bits per heavy atom. The number of halogens is 1. The first-order valence-electron chi connectivity index (χ1n) is 6.00. The molecule has 0 saturated heterocycles. The number of nitrogens with one attached hydrogen (secondary N) is 1. The lowest BCUT2D eigenvalue weighted by Crippen LogP contribution is -2.19. The largest absolute Gasteiger partial charge is 0.399 e. The summed E-state index contributed by atoms with van der Waals surface area (Å²) in [7, 11) is 0. The lowest BCUT2D eigenvalue weighted by molar-refractivity contribution is 0.585. The van der Waals surface area contributed by atoms with E-state index in [-0.39, 0.29) is 5.82 Å². The van der Waals surface area contributed by atoms with Crippen LogP contribution in [0.3, 0.4) is 0 Å². The van der Waals surface area contributed by atoms with Crippen LogP contribution < -0.4 is 11.1 Å². The van der Waals surface area contributed by atoms with Gasteiger partial charge in [0.05, 0.1) is 0 Å². The molecule has 1 aromatic carbocycles. The van der Waals surface area contributed by atoms with Crippen LogP contribution in [-0.4, -0.2) is 6.04 Å². The Balaban J connectivity index is 1.99. The zero-order valence-corrected chi connectivity index (χ0v) is 9.67. The number of rotatable bonds is 5. The maximum atomic E-state index is 13.1. The Bertz CT molecular complexity index is 341. The number of hydrogen-bond donors (Lipinski definition) is 2. The molecule has 0 bridgehead atoms. The minimum Gasteiger partial charge on any atom is -0.399 e. The summed E-state index contributed by atoms with van der Waals surface area (Å²) in [6.45, 7) is 2.16. The van der Waals surface area contributed by atoms with Crippen molar-refractivity contribution in [3.05, 3.63) is 24.0 Å². The van der Waals surface area contributed by atoms with Gasteiger partial charge in [0.1, 0.15) is 5.82 Å². The second-order valence-corrected chi connectivity index (χ2v) is 4.70. The normalized spacial score (nSPS) is 17.1. The maximum Gasteiger partial charge on any atom is 0.127 e. The molecule has 1 atom stereocenters. The fourth-order valence-electron chi connectivity index (χ4n) is 2.01. The fraction of sp³-hybridized carbons (Fsp3) is 0.538. The zero-order chi connectivity index (χ0) is 11.5. The lowest BCUT2D eigenvalue weighted by atomic mass is 10.1. The molecule has 2 rings (SSSR count). The molecular weight excluding hydrogens is 203 g/mol. The van der Waals surface area contributed by atoms with Gasteiger partial charge in [-0.25, -0.2) is 4.39 Å². The van der Waals surface area contributed by atoms with Crippen LogP contribution in [0.5, 0.6) is 0 Å². The molecule has 1 aliphatic carbocycles. The Morgan fingerprint density at radius 3 is 2.75 bits per heavy atom. The Kier molecular flexibility index (Phi) is 3.32. The average molecular weight is 222 g/mol. The molecule has 1 fully saturated rings. The van der Waals surface area contributed by atoms with Crippen molar-refractivity contribution in [2.24, 2.45) is 5.92 Å². The van der Waals surface area contributed by atoms with E-state index in [4.69, 9.17) is 5.73 Å². The van der Waals surface area contributed by atoms with E-state index in [1.54, 1.807) is 6.07 Å². The predicted octanol–water partition coefficient (Wildman–Crippen LogP) is 3.40. The minimum atomic E-state index is -0.274. The molecule has 0 aliphatic heterocycles. The topological polar surface area (TPSA) is 38.0 Å². The monoisotopic (exact) mass is 222 g/mol. The summed E-state index contributed by atoms with van der Waals surface area (Å²) in [6, 6.07) is 5.08. The smallest absolute Gasteiger partial charge is 0.127 e. The lowest BCUT2D eigenvalue weighted by Gasteiger charge is -2.18. The molecule has 2 nitrogen and oxygen atoms in total. The van der Waals surface area contributed by atoms with Gasteiger partial charge in [0.25, 0.3) is 0 Å². The van der Waals surface area contributed by atoms with E-state index in [0.717, 1.165) is 18.0 Å². The number of benzene rings is 1. The van der Waals surface area contributed by atoms with Crippen molar-refractivity contribution >= 4 is 11.4 Å². The van der Waals surface area contributed by atoms with E-state index >= 15 is 0 Å². The van der Waals surface area contributed by atoms with E-state index in [1.165, 1.54) is 31.4 Å². The van der Waals surface area contributed by atoms with Crippen molar-refractivity contribution in [3.63, 3.8) is 0 Å². The molecule has 0 spiro atoms. The van der Waals surface area contributed by atoms with Gasteiger partial charge in [-0.2, -0.15) is 0 Å². The Labute approximate surface area is 96.0 Å². The summed E-state index contributed by atoms with van der Waals surface area (Å²) in [5.74, 6) is 0.604. The molecule has 0 aromatic heterocycles. The van der Waals surface area contributed by atoms with Gasteiger partial charge in [0, 0.05) is 17.4 Å². The molecule has 1 saturated carbocycles. The molecule has 1 aromatic rings. The van der Waals surface area contributed by atoms with Crippen LogP contribution in [0.2, 0.25) is 0 Å². The van der Waals surface area contributed by atoms with Crippen molar-refractivity contribution in [1.29, 1.82) is 0 Å². The van der Waals surface area contributed by atoms with Crippen molar-refractivity contribution < 1.29 is 4.39 Å². The quantitative estimate of drug-likeness (QED) is 0.749. The highest BCUT2D eigenvalue weighted by Crippen LogP contribution is 2.34. The Hall–Kier alpha value is -1.25. The predicted molar refractivity (Wildman–Crippen MR) is 65.9 cm³/mol. The van der Waals surface area contributed by atoms with E-state index < -0.39 is 0 Å². The van der Waals surface area contributed by atoms with Crippen molar-refractivity contribution in [3.8, 4) is 0 Å². The number of hydrogen-bond acceptors (Lipinski definition) is 2. The van der Waals surface area contributed by atoms with Crippen LogP contribution >= 0.6 is 0 Å². The third kappa shape index (κ3) is 3.12. The van der Waals surface area contributed by atoms with Gasteiger partial charge < -0.3 is 11.1 Å². The average Bonchev–Trinajstić information content (AvgIpc) is 2.99. The molecule has 1 aliphatic rings. The summed E-state index contributed by atoms with van der Waals surface area (Å²) in [4.78, 5) is 0. The van der Waals surface area contributed by atoms with Gasteiger partial charge in [0.15, 0.2) is 0 Å². The van der Waals surface area contributed by atoms with Crippen LogP contribution in [-0.2, 0) is 0 Å². The highest BCUT2D eigenvalue weighted by Gasteiger charge is 2.24. The van der Waals surface area contributed by atoms with E-state index in [0.29, 0.717) is 11.7 Å². The summed E-state index contributed by atoms with van der Waals surface area (Å²) < 4.78 is 13.1.